The highest BCUT2D eigenvalue weighted by Crippen LogP contribution is 2.27. The van der Waals surface area contributed by atoms with E-state index < -0.39 is 0 Å². The van der Waals surface area contributed by atoms with Crippen molar-refractivity contribution in [2.45, 2.75) is 13.5 Å². The third-order valence-electron chi connectivity index (χ3n) is 6.53. The lowest BCUT2D eigenvalue weighted by molar-refractivity contribution is -0.118. The van der Waals surface area contributed by atoms with Gasteiger partial charge in [-0.2, -0.15) is 0 Å². The van der Waals surface area contributed by atoms with Gasteiger partial charge in [-0.3, -0.25) is 9.69 Å². The van der Waals surface area contributed by atoms with Crippen molar-refractivity contribution in [1.29, 1.82) is 0 Å². The number of nitrogens with zero attached hydrogens (tertiary/aromatic N) is 4. The lowest BCUT2D eigenvalue weighted by Crippen LogP contribution is -2.46. The van der Waals surface area contributed by atoms with Crippen LogP contribution in [0.1, 0.15) is 11.4 Å². The van der Waals surface area contributed by atoms with Gasteiger partial charge in [0, 0.05) is 33.2 Å². The van der Waals surface area contributed by atoms with Crippen LogP contribution in [0.25, 0.3) is 11.0 Å². The van der Waals surface area contributed by atoms with E-state index in [0.717, 1.165) is 66.5 Å². The first kappa shape index (κ1) is 22.9. The van der Waals surface area contributed by atoms with Crippen LogP contribution < -0.4 is 15.0 Å². The molecule has 0 spiro atoms. The minimum atomic E-state index is -0.168. The lowest BCUT2D eigenvalue weighted by atomic mass is 10.2. The number of nitrogens with one attached hydrogen (secondary N) is 1. The number of amides is 1. The summed E-state index contributed by atoms with van der Waals surface area (Å²) in [7, 11) is 2.09. The highest BCUT2D eigenvalue weighted by Gasteiger charge is 2.21. The van der Waals surface area contributed by atoms with Crippen LogP contribution >= 0.6 is 0 Å². The maximum atomic E-state index is 12.6. The normalized spacial score (nSPS) is 14.3. The molecule has 2 heterocycles. The topological polar surface area (TPSA) is 62.6 Å². The molecule has 0 atom stereocenters. The van der Waals surface area contributed by atoms with Crippen molar-refractivity contribution in [1.82, 2.24) is 14.5 Å². The summed E-state index contributed by atoms with van der Waals surface area (Å²) >= 11 is 0. The van der Waals surface area contributed by atoms with Crippen molar-refractivity contribution in [3.8, 4) is 5.75 Å². The molecular weight excluding hydrogens is 438 g/mol. The van der Waals surface area contributed by atoms with E-state index in [-0.39, 0.29) is 12.5 Å². The number of carbonyl (C=O) groups is 1. The number of rotatable bonds is 7. The first-order valence-electron chi connectivity index (χ1n) is 12.0. The number of aryl methyl sites for hydroxylation is 2. The van der Waals surface area contributed by atoms with Gasteiger partial charge in [0.1, 0.15) is 11.6 Å². The molecule has 4 aromatic rings. The highest BCUT2D eigenvalue weighted by atomic mass is 16.5. The van der Waals surface area contributed by atoms with Crippen LogP contribution in [0.3, 0.4) is 0 Å². The summed E-state index contributed by atoms with van der Waals surface area (Å²) in [5, 5.41) is 3.03. The molecule has 3 aromatic carbocycles. The summed E-state index contributed by atoms with van der Waals surface area (Å²) in [6, 6.07) is 23.9. The number of piperazine rings is 1. The predicted molar refractivity (Wildman–Crippen MR) is 140 cm³/mol. The van der Waals surface area contributed by atoms with Crippen LogP contribution in [-0.4, -0.2) is 53.1 Å². The van der Waals surface area contributed by atoms with Crippen molar-refractivity contribution in [2.24, 2.45) is 7.05 Å². The largest absolute Gasteiger partial charge is 0.484 e. The highest BCUT2D eigenvalue weighted by molar-refractivity contribution is 5.95. The first-order chi connectivity index (χ1) is 17.1. The van der Waals surface area contributed by atoms with Crippen LogP contribution in [0, 0.1) is 6.92 Å². The minimum absolute atomic E-state index is 0.0246. The van der Waals surface area contributed by atoms with Crippen molar-refractivity contribution in [3.63, 3.8) is 0 Å². The Labute approximate surface area is 205 Å². The van der Waals surface area contributed by atoms with Crippen molar-refractivity contribution >= 4 is 28.3 Å². The fourth-order valence-corrected chi connectivity index (χ4v) is 4.51. The monoisotopic (exact) mass is 469 g/mol. The summed E-state index contributed by atoms with van der Waals surface area (Å²) in [5.74, 6) is 1.61. The van der Waals surface area contributed by atoms with Gasteiger partial charge in [0.15, 0.2) is 6.61 Å². The van der Waals surface area contributed by atoms with E-state index in [1.807, 2.05) is 55.5 Å². The molecule has 1 aliphatic heterocycles. The molecule has 5 rings (SSSR count). The van der Waals surface area contributed by atoms with Gasteiger partial charge in [-0.15, -0.1) is 0 Å². The standard InChI is InChI=1S/C28H31N5O2/c1-21-11-13-22(14-12-21)35-20-28(34)30-24-8-4-6-10-26(24)33-17-15-32(16-18-33)19-27-29-23-7-3-5-9-25(23)31(27)2/h3-14H,15-20H2,1-2H3,(H,30,34). The lowest BCUT2D eigenvalue weighted by Gasteiger charge is -2.36. The van der Waals surface area contributed by atoms with Gasteiger partial charge >= 0.3 is 0 Å². The summed E-state index contributed by atoms with van der Waals surface area (Å²) in [6.45, 7) is 6.46. The summed E-state index contributed by atoms with van der Waals surface area (Å²) in [6.07, 6.45) is 0. The van der Waals surface area contributed by atoms with E-state index in [0.29, 0.717) is 5.75 Å². The zero-order valence-corrected chi connectivity index (χ0v) is 20.3. The number of aromatic nitrogens is 2. The van der Waals surface area contributed by atoms with Gasteiger partial charge in [0.2, 0.25) is 0 Å². The van der Waals surface area contributed by atoms with Gasteiger partial charge in [-0.1, -0.05) is 42.0 Å². The Hall–Kier alpha value is -3.84. The average molecular weight is 470 g/mol. The van der Waals surface area contributed by atoms with Gasteiger partial charge < -0.3 is 19.5 Å². The number of imidazole rings is 1. The zero-order valence-electron chi connectivity index (χ0n) is 20.3. The number of benzene rings is 3. The van der Waals surface area contributed by atoms with E-state index in [9.17, 15) is 4.79 Å². The molecule has 1 fully saturated rings. The zero-order chi connectivity index (χ0) is 24.2. The second-order valence-electron chi connectivity index (χ2n) is 9.01. The third-order valence-corrected chi connectivity index (χ3v) is 6.53. The molecule has 0 saturated carbocycles. The molecule has 180 valence electrons. The summed E-state index contributed by atoms with van der Waals surface area (Å²) in [5.41, 5.74) is 5.22. The number of ether oxygens (including phenoxy) is 1. The van der Waals surface area contributed by atoms with Crippen LogP contribution in [0.4, 0.5) is 11.4 Å². The maximum Gasteiger partial charge on any atom is 0.262 e. The number of carbonyl (C=O) groups excluding carboxylic acids is 1. The molecule has 0 radical (unpaired) electrons. The molecule has 1 amide bonds. The quantitative estimate of drug-likeness (QED) is 0.439. The third kappa shape index (κ3) is 5.30. The van der Waals surface area contributed by atoms with Crippen LogP contribution in [0.2, 0.25) is 0 Å². The molecule has 7 nitrogen and oxygen atoms in total. The molecule has 1 aromatic heterocycles. The fourth-order valence-electron chi connectivity index (χ4n) is 4.51. The molecule has 1 saturated heterocycles. The number of anilines is 2. The SMILES string of the molecule is Cc1ccc(OCC(=O)Nc2ccccc2N2CCN(Cc3nc4ccccc4n3C)CC2)cc1. The van der Waals surface area contributed by atoms with Crippen molar-refractivity contribution < 1.29 is 9.53 Å². The molecule has 1 aliphatic rings. The molecule has 0 unspecified atom stereocenters. The molecule has 1 N–H and O–H groups in total. The summed E-state index contributed by atoms with van der Waals surface area (Å²) in [4.78, 5) is 22.2. The molecule has 0 aliphatic carbocycles. The van der Waals surface area contributed by atoms with Gasteiger partial charge in [0.25, 0.3) is 5.91 Å². The van der Waals surface area contributed by atoms with Gasteiger partial charge in [-0.25, -0.2) is 4.98 Å². The Balaban J connectivity index is 1.18. The van der Waals surface area contributed by atoms with Gasteiger partial charge in [0.05, 0.1) is 29.0 Å². The van der Waals surface area contributed by atoms with E-state index in [1.165, 1.54) is 0 Å². The second-order valence-corrected chi connectivity index (χ2v) is 9.01. The Morgan fingerprint density at radius 2 is 1.66 bits per heavy atom. The van der Waals surface area contributed by atoms with Crippen LogP contribution in [-0.2, 0) is 18.4 Å². The Kier molecular flexibility index (Phi) is 6.68. The molecular formula is C28H31N5O2. The average Bonchev–Trinajstić information content (AvgIpc) is 3.20. The van der Waals surface area contributed by atoms with Gasteiger partial charge in [-0.05, 0) is 43.3 Å². The minimum Gasteiger partial charge on any atom is -0.484 e. The molecule has 0 bridgehead atoms. The number of fused-ring (bicyclic) bond motifs is 1. The van der Waals surface area contributed by atoms with Crippen molar-refractivity contribution in [2.75, 3.05) is 43.0 Å². The Morgan fingerprint density at radius 1 is 0.943 bits per heavy atom. The Bertz CT molecular complexity index is 1310. The van der Waals surface area contributed by atoms with Crippen molar-refractivity contribution in [3.05, 3.63) is 84.2 Å². The van der Waals surface area contributed by atoms with E-state index in [1.54, 1.807) is 0 Å². The van der Waals surface area contributed by atoms with Crippen LogP contribution in [0.5, 0.6) is 5.75 Å². The smallest absolute Gasteiger partial charge is 0.262 e. The fraction of sp³-hybridized carbons (Fsp3) is 0.286. The predicted octanol–water partition coefficient (Wildman–Crippen LogP) is 4.22. The van der Waals surface area contributed by atoms with Crippen LogP contribution in [0.15, 0.2) is 72.8 Å². The number of hydrogen-bond donors (Lipinski definition) is 1. The number of hydrogen-bond acceptors (Lipinski definition) is 5. The number of para-hydroxylation sites is 4. The second kappa shape index (κ2) is 10.2. The van der Waals surface area contributed by atoms with E-state index in [4.69, 9.17) is 9.72 Å². The maximum absolute atomic E-state index is 12.6. The molecule has 35 heavy (non-hydrogen) atoms. The summed E-state index contributed by atoms with van der Waals surface area (Å²) < 4.78 is 7.83. The first-order valence-corrected chi connectivity index (χ1v) is 12.0. The molecule has 7 heteroatoms. The Morgan fingerprint density at radius 3 is 2.43 bits per heavy atom. The van der Waals surface area contributed by atoms with E-state index >= 15 is 0 Å². The van der Waals surface area contributed by atoms with E-state index in [2.05, 4.69) is 51.0 Å².